The van der Waals surface area contributed by atoms with E-state index in [1.165, 1.54) is 12.8 Å². The zero-order valence-electron chi connectivity index (χ0n) is 11.2. The van der Waals surface area contributed by atoms with Crippen LogP contribution in [-0.4, -0.2) is 37.4 Å². The summed E-state index contributed by atoms with van der Waals surface area (Å²) in [6, 6.07) is 7.41. The fourth-order valence-corrected chi connectivity index (χ4v) is 2.23. The van der Waals surface area contributed by atoms with Crippen LogP contribution in [0.3, 0.4) is 0 Å². The first-order valence-electron chi connectivity index (χ1n) is 6.57. The number of ketones is 1. The van der Waals surface area contributed by atoms with Crippen molar-refractivity contribution in [1.82, 2.24) is 4.90 Å². The highest BCUT2D eigenvalue weighted by molar-refractivity contribution is 5.94. The Hall–Kier alpha value is -1.35. The molecule has 0 radical (unpaired) electrons. The number of hydrogen-bond donors (Lipinski definition) is 0. The molecular formula is C15H21NO2. The zero-order chi connectivity index (χ0) is 13.0. The molecule has 1 aromatic carbocycles. The zero-order valence-corrected chi connectivity index (χ0v) is 11.2. The number of piperidine rings is 1. The Morgan fingerprint density at radius 1 is 1.28 bits per heavy atom. The second-order valence-corrected chi connectivity index (χ2v) is 5.14. The monoisotopic (exact) mass is 247 g/mol. The Labute approximate surface area is 109 Å². The summed E-state index contributed by atoms with van der Waals surface area (Å²) in [5.41, 5.74) is 0.738. The molecule has 1 saturated heterocycles. The van der Waals surface area contributed by atoms with Gasteiger partial charge >= 0.3 is 0 Å². The molecule has 1 aromatic rings. The van der Waals surface area contributed by atoms with E-state index in [1.54, 1.807) is 6.92 Å². The molecule has 0 aromatic heterocycles. The normalized spacial score (nSPS) is 17.7. The van der Waals surface area contributed by atoms with Crippen LogP contribution in [-0.2, 0) is 0 Å². The van der Waals surface area contributed by atoms with Crippen molar-refractivity contribution in [2.24, 2.45) is 5.92 Å². The smallest absolute Gasteiger partial charge is 0.159 e. The number of likely N-dealkylation sites (tertiary alicyclic amines) is 1. The molecule has 1 fully saturated rings. The average molecular weight is 247 g/mol. The minimum atomic E-state index is 0.0943. The first-order valence-corrected chi connectivity index (χ1v) is 6.57. The van der Waals surface area contributed by atoms with Crippen LogP contribution in [0.5, 0.6) is 5.75 Å². The Kier molecular flexibility index (Phi) is 4.37. The summed E-state index contributed by atoms with van der Waals surface area (Å²) in [7, 11) is 2.16. The SMILES string of the molecule is CC(=O)c1ccc(OCC2CCN(C)CC2)cc1. The van der Waals surface area contributed by atoms with Crippen molar-refractivity contribution in [3.8, 4) is 5.75 Å². The number of carbonyl (C=O) groups excluding carboxylic acids is 1. The van der Waals surface area contributed by atoms with Gasteiger partial charge < -0.3 is 9.64 Å². The van der Waals surface area contributed by atoms with E-state index in [2.05, 4.69) is 11.9 Å². The lowest BCUT2D eigenvalue weighted by Gasteiger charge is -2.28. The van der Waals surface area contributed by atoms with E-state index in [0.29, 0.717) is 5.92 Å². The molecule has 0 saturated carbocycles. The third-order valence-corrected chi connectivity index (χ3v) is 3.58. The molecule has 0 unspecified atom stereocenters. The molecule has 0 spiro atoms. The molecule has 98 valence electrons. The highest BCUT2D eigenvalue weighted by Gasteiger charge is 2.17. The van der Waals surface area contributed by atoms with Crippen molar-refractivity contribution in [2.45, 2.75) is 19.8 Å². The highest BCUT2D eigenvalue weighted by Crippen LogP contribution is 2.19. The minimum Gasteiger partial charge on any atom is -0.493 e. The van der Waals surface area contributed by atoms with Gasteiger partial charge in [-0.25, -0.2) is 0 Å². The van der Waals surface area contributed by atoms with Gasteiger partial charge in [-0.2, -0.15) is 0 Å². The maximum absolute atomic E-state index is 11.1. The number of nitrogens with zero attached hydrogens (tertiary/aromatic N) is 1. The van der Waals surface area contributed by atoms with Gasteiger partial charge in [0.05, 0.1) is 6.61 Å². The topological polar surface area (TPSA) is 29.5 Å². The second kappa shape index (κ2) is 6.01. The maximum atomic E-state index is 11.1. The molecule has 3 heteroatoms. The molecule has 1 aliphatic heterocycles. The van der Waals surface area contributed by atoms with Crippen LogP contribution in [0.25, 0.3) is 0 Å². The third kappa shape index (κ3) is 3.57. The minimum absolute atomic E-state index is 0.0943. The van der Waals surface area contributed by atoms with E-state index in [-0.39, 0.29) is 5.78 Å². The van der Waals surface area contributed by atoms with Gasteiger partial charge in [0.25, 0.3) is 0 Å². The number of Topliss-reactive ketones (excluding diaryl/α,β-unsaturated/α-hetero) is 1. The molecule has 18 heavy (non-hydrogen) atoms. The van der Waals surface area contributed by atoms with E-state index in [4.69, 9.17) is 4.74 Å². The first kappa shape index (κ1) is 13.1. The molecule has 0 aliphatic carbocycles. The van der Waals surface area contributed by atoms with Crippen molar-refractivity contribution >= 4 is 5.78 Å². The summed E-state index contributed by atoms with van der Waals surface area (Å²) in [6.45, 7) is 4.69. The average Bonchev–Trinajstić information content (AvgIpc) is 2.38. The van der Waals surface area contributed by atoms with Gasteiger partial charge in [0, 0.05) is 5.56 Å². The van der Waals surface area contributed by atoms with Gasteiger partial charge in [-0.15, -0.1) is 0 Å². The molecule has 2 rings (SSSR count). The lowest BCUT2D eigenvalue weighted by atomic mass is 9.98. The van der Waals surface area contributed by atoms with Crippen LogP contribution in [0.2, 0.25) is 0 Å². The van der Waals surface area contributed by atoms with E-state index in [9.17, 15) is 4.79 Å². The highest BCUT2D eigenvalue weighted by atomic mass is 16.5. The summed E-state index contributed by atoms with van der Waals surface area (Å²) in [6.07, 6.45) is 2.42. The maximum Gasteiger partial charge on any atom is 0.159 e. The fraction of sp³-hybridized carbons (Fsp3) is 0.533. The summed E-state index contributed by atoms with van der Waals surface area (Å²) in [5.74, 6) is 1.62. The predicted octanol–water partition coefficient (Wildman–Crippen LogP) is 2.61. The summed E-state index contributed by atoms with van der Waals surface area (Å²) in [5, 5.41) is 0. The van der Waals surface area contributed by atoms with Crippen LogP contribution < -0.4 is 4.74 Å². The van der Waals surface area contributed by atoms with Gasteiger partial charge in [-0.05, 0) is 70.1 Å². The Balaban J connectivity index is 1.81. The van der Waals surface area contributed by atoms with Gasteiger partial charge in [0.2, 0.25) is 0 Å². The van der Waals surface area contributed by atoms with Crippen molar-refractivity contribution in [3.05, 3.63) is 29.8 Å². The van der Waals surface area contributed by atoms with Crippen LogP contribution >= 0.6 is 0 Å². The number of carbonyl (C=O) groups is 1. The molecule has 0 N–H and O–H groups in total. The standard InChI is InChI=1S/C15H21NO2/c1-12(17)14-3-5-15(6-4-14)18-11-13-7-9-16(2)10-8-13/h3-6,13H,7-11H2,1-2H3. The van der Waals surface area contributed by atoms with E-state index in [0.717, 1.165) is 31.0 Å². The van der Waals surface area contributed by atoms with Crippen molar-refractivity contribution < 1.29 is 9.53 Å². The first-order chi connectivity index (χ1) is 8.65. The fourth-order valence-electron chi connectivity index (χ4n) is 2.23. The quantitative estimate of drug-likeness (QED) is 0.766. The van der Waals surface area contributed by atoms with Crippen molar-refractivity contribution in [2.75, 3.05) is 26.7 Å². The Morgan fingerprint density at radius 2 is 1.89 bits per heavy atom. The Morgan fingerprint density at radius 3 is 2.44 bits per heavy atom. The van der Waals surface area contributed by atoms with E-state index < -0.39 is 0 Å². The van der Waals surface area contributed by atoms with Crippen molar-refractivity contribution in [3.63, 3.8) is 0 Å². The second-order valence-electron chi connectivity index (χ2n) is 5.14. The number of benzene rings is 1. The number of ether oxygens (including phenoxy) is 1. The number of rotatable bonds is 4. The molecular weight excluding hydrogens is 226 g/mol. The largest absolute Gasteiger partial charge is 0.493 e. The predicted molar refractivity (Wildman–Crippen MR) is 72.2 cm³/mol. The van der Waals surface area contributed by atoms with Crippen molar-refractivity contribution in [1.29, 1.82) is 0 Å². The summed E-state index contributed by atoms with van der Waals surface area (Å²) in [4.78, 5) is 13.5. The lowest BCUT2D eigenvalue weighted by Crippen LogP contribution is -2.32. The van der Waals surface area contributed by atoms with Gasteiger partial charge in [-0.3, -0.25) is 4.79 Å². The molecule has 0 bridgehead atoms. The van der Waals surface area contributed by atoms with Gasteiger partial charge in [-0.1, -0.05) is 0 Å². The molecule has 1 aliphatic rings. The molecule has 3 nitrogen and oxygen atoms in total. The van der Waals surface area contributed by atoms with Crippen LogP contribution in [0.4, 0.5) is 0 Å². The molecule has 0 amide bonds. The Bertz CT molecular complexity index is 391. The van der Waals surface area contributed by atoms with Crippen LogP contribution in [0.1, 0.15) is 30.1 Å². The lowest BCUT2D eigenvalue weighted by molar-refractivity contribution is 0.101. The van der Waals surface area contributed by atoms with Crippen LogP contribution in [0.15, 0.2) is 24.3 Å². The van der Waals surface area contributed by atoms with Gasteiger partial charge in [0.15, 0.2) is 5.78 Å². The third-order valence-electron chi connectivity index (χ3n) is 3.58. The van der Waals surface area contributed by atoms with E-state index in [1.807, 2.05) is 24.3 Å². The summed E-state index contributed by atoms with van der Waals surface area (Å²) >= 11 is 0. The molecule has 0 atom stereocenters. The van der Waals surface area contributed by atoms with E-state index >= 15 is 0 Å². The molecule has 1 heterocycles. The number of hydrogen-bond acceptors (Lipinski definition) is 3. The van der Waals surface area contributed by atoms with Gasteiger partial charge in [0.1, 0.15) is 5.75 Å². The van der Waals surface area contributed by atoms with Crippen LogP contribution in [0, 0.1) is 5.92 Å². The summed E-state index contributed by atoms with van der Waals surface area (Å²) < 4.78 is 5.79.